The molecule has 0 fully saturated rings. The summed E-state index contributed by atoms with van der Waals surface area (Å²) >= 11 is 3.66. The van der Waals surface area contributed by atoms with Crippen LogP contribution >= 0.6 is 22.7 Å². The Morgan fingerprint density at radius 1 is 0.425 bits per heavy atom. The second kappa shape index (κ2) is 16.0. The van der Waals surface area contributed by atoms with Gasteiger partial charge in [0.15, 0.2) is 17.5 Å². The van der Waals surface area contributed by atoms with E-state index in [-0.39, 0.29) is 5.92 Å². The highest BCUT2D eigenvalue weighted by atomic mass is 32.1. The SMILES string of the molecule is C1=c2cc3c(cc2=CCC1)-c1c(ccc2ccccc12)C(c1ccc2sc4ccccc4c2c1-c1nc(-c2cccc4c2sc2ccccc24)nc(-c2cccc4c5ccccc5n(-c5ccccc5)c24)n1)C3. The van der Waals surface area contributed by atoms with Crippen LogP contribution in [-0.4, -0.2) is 19.5 Å². The number of rotatable bonds is 5. The van der Waals surface area contributed by atoms with Crippen LogP contribution in [0.25, 0.3) is 136 Å². The van der Waals surface area contributed by atoms with Crippen molar-refractivity contribution in [1.29, 1.82) is 0 Å². The van der Waals surface area contributed by atoms with Crippen molar-refractivity contribution in [3.05, 3.63) is 227 Å². The second-order valence-corrected chi connectivity index (χ2v) is 21.7. The number of benzene rings is 10. The van der Waals surface area contributed by atoms with Crippen molar-refractivity contribution in [2.24, 2.45) is 0 Å². The topological polar surface area (TPSA) is 43.6 Å². The molecule has 6 heteroatoms. The number of thiophene rings is 2. The van der Waals surface area contributed by atoms with Gasteiger partial charge in [0.1, 0.15) is 0 Å². The van der Waals surface area contributed by atoms with E-state index in [4.69, 9.17) is 15.0 Å². The first-order valence-electron chi connectivity index (χ1n) is 25.2. The summed E-state index contributed by atoms with van der Waals surface area (Å²) in [7, 11) is 0. The third-order valence-corrected chi connectivity index (χ3v) is 18.0. The molecule has 342 valence electrons. The zero-order valence-corrected chi connectivity index (χ0v) is 41.1. The van der Waals surface area contributed by atoms with Gasteiger partial charge in [0.2, 0.25) is 0 Å². The van der Waals surface area contributed by atoms with Crippen LogP contribution in [0.4, 0.5) is 0 Å². The zero-order chi connectivity index (χ0) is 47.7. The predicted octanol–water partition coefficient (Wildman–Crippen LogP) is 16.6. The fourth-order valence-electron chi connectivity index (χ4n) is 12.5. The summed E-state index contributed by atoms with van der Waals surface area (Å²) in [4.78, 5) is 17.3. The fourth-order valence-corrected chi connectivity index (χ4v) is 14.8. The number of aromatic nitrogens is 4. The summed E-state index contributed by atoms with van der Waals surface area (Å²) in [5.41, 5.74) is 13.0. The Labute approximate surface area is 428 Å². The van der Waals surface area contributed by atoms with Gasteiger partial charge in [0.25, 0.3) is 0 Å². The van der Waals surface area contributed by atoms with Gasteiger partial charge in [0.05, 0.1) is 11.0 Å². The average molecular weight is 967 g/mol. The molecule has 0 N–H and O–H groups in total. The van der Waals surface area contributed by atoms with Gasteiger partial charge < -0.3 is 4.57 Å². The van der Waals surface area contributed by atoms with Crippen molar-refractivity contribution in [2.45, 2.75) is 25.2 Å². The molecule has 16 rings (SSSR count). The van der Waals surface area contributed by atoms with E-state index in [0.717, 1.165) is 58.1 Å². The summed E-state index contributed by atoms with van der Waals surface area (Å²) in [6.45, 7) is 0. The van der Waals surface area contributed by atoms with E-state index in [0.29, 0.717) is 17.5 Å². The Hall–Kier alpha value is -8.55. The lowest BCUT2D eigenvalue weighted by Gasteiger charge is -2.31. The van der Waals surface area contributed by atoms with Gasteiger partial charge in [-0.25, -0.2) is 15.0 Å². The highest BCUT2D eigenvalue weighted by Gasteiger charge is 2.32. The molecule has 73 heavy (non-hydrogen) atoms. The number of hydrogen-bond donors (Lipinski definition) is 0. The molecule has 4 heterocycles. The zero-order valence-electron chi connectivity index (χ0n) is 39.5. The van der Waals surface area contributed by atoms with Gasteiger partial charge in [-0.3, -0.25) is 0 Å². The third-order valence-electron chi connectivity index (χ3n) is 15.6. The fraction of sp³-hybridized carbons (Fsp3) is 0.0597. The van der Waals surface area contributed by atoms with Gasteiger partial charge in [-0.1, -0.05) is 158 Å². The molecule has 0 saturated heterocycles. The highest BCUT2D eigenvalue weighted by Crippen LogP contribution is 2.51. The van der Waals surface area contributed by atoms with Crippen LogP contribution in [0.15, 0.2) is 200 Å². The van der Waals surface area contributed by atoms with Crippen LogP contribution < -0.4 is 10.4 Å². The normalized spacial score (nSPS) is 14.2. The minimum absolute atomic E-state index is 0.00882. The summed E-state index contributed by atoms with van der Waals surface area (Å²) in [5.74, 6) is 2.00. The minimum Gasteiger partial charge on any atom is -0.309 e. The summed E-state index contributed by atoms with van der Waals surface area (Å²) in [5, 5.41) is 12.4. The lowest BCUT2D eigenvalue weighted by atomic mass is 9.72. The van der Waals surface area contributed by atoms with Crippen LogP contribution in [-0.2, 0) is 6.42 Å². The van der Waals surface area contributed by atoms with Crippen LogP contribution in [0.1, 0.15) is 35.4 Å². The molecule has 0 bridgehead atoms. The summed E-state index contributed by atoms with van der Waals surface area (Å²) in [6, 6.07) is 73.7. The van der Waals surface area contributed by atoms with E-state index in [1.807, 2.05) is 22.7 Å². The van der Waals surface area contributed by atoms with E-state index in [1.165, 1.54) is 94.8 Å². The standard InChI is InChI=1S/C67H42N4S2/c1-2-19-43(20-3-1)71-56-29-11-8-22-45(56)49-25-14-27-52(63(49)71)65-68-66(53-28-15-26-50-46-23-9-12-30-57(46)73-64(50)53)70-67(69-65)62-48(34-35-59-61(62)51-24-10-13-31-58(51)72-59)55-38-42-36-40-17-4-5-18-41(40)37-54(42)60-44-21-7-6-16-39(44)32-33-47(55)60/h1-3,6-37,55H,4-5,38H2. The molecule has 4 aromatic heterocycles. The molecule has 0 spiro atoms. The predicted molar refractivity (Wildman–Crippen MR) is 309 cm³/mol. The summed E-state index contributed by atoms with van der Waals surface area (Å²) < 4.78 is 7.27. The van der Waals surface area contributed by atoms with E-state index in [9.17, 15) is 0 Å². The minimum atomic E-state index is 0.00882. The first-order valence-corrected chi connectivity index (χ1v) is 26.9. The number of para-hydroxylation sites is 3. The Morgan fingerprint density at radius 2 is 1.05 bits per heavy atom. The van der Waals surface area contributed by atoms with Crippen molar-refractivity contribution in [3.8, 4) is 51.0 Å². The molecule has 0 amide bonds. The highest BCUT2D eigenvalue weighted by molar-refractivity contribution is 7.26. The first-order chi connectivity index (χ1) is 36.2. The van der Waals surface area contributed by atoms with E-state index >= 15 is 0 Å². The molecule has 4 nitrogen and oxygen atoms in total. The molecule has 0 radical (unpaired) electrons. The van der Waals surface area contributed by atoms with Crippen molar-refractivity contribution in [2.75, 3.05) is 0 Å². The lowest BCUT2D eigenvalue weighted by molar-refractivity contribution is 0.795. The van der Waals surface area contributed by atoms with Crippen molar-refractivity contribution < 1.29 is 0 Å². The maximum atomic E-state index is 5.84. The molecular weight excluding hydrogens is 925 g/mol. The molecule has 1 unspecified atom stereocenters. The van der Waals surface area contributed by atoms with E-state index in [1.54, 1.807) is 0 Å². The maximum Gasteiger partial charge on any atom is 0.166 e. The van der Waals surface area contributed by atoms with E-state index < -0.39 is 0 Å². The Bertz CT molecular complexity index is 4790. The van der Waals surface area contributed by atoms with Gasteiger partial charge in [-0.05, 0) is 123 Å². The van der Waals surface area contributed by atoms with Gasteiger partial charge in [0, 0.05) is 79.4 Å². The van der Waals surface area contributed by atoms with Crippen LogP contribution in [0.2, 0.25) is 0 Å². The molecular formula is C67H42N4S2. The van der Waals surface area contributed by atoms with Crippen molar-refractivity contribution >= 4 is 108 Å². The van der Waals surface area contributed by atoms with Gasteiger partial charge in [-0.15, -0.1) is 22.7 Å². The smallest absolute Gasteiger partial charge is 0.166 e. The first kappa shape index (κ1) is 41.1. The van der Waals surface area contributed by atoms with Crippen molar-refractivity contribution in [3.63, 3.8) is 0 Å². The third kappa shape index (κ3) is 6.21. The van der Waals surface area contributed by atoms with E-state index in [2.05, 4.69) is 217 Å². The summed E-state index contributed by atoms with van der Waals surface area (Å²) in [6.07, 6.45) is 7.85. The average Bonchev–Trinajstić information content (AvgIpc) is 4.15. The van der Waals surface area contributed by atoms with Crippen LogP contribution in [0.5, 0.6) is 0 Å². The van der Waals surface area contributed by atoms with Gasteiger partial charge in [-0.2, -0.15) is 0 Å². The quantitative estimate of drug-likeness (QED) is 0.173. The Balaban J connectivity index is 1.03. The molecule has 14 aromatic rings. The Morgan fingerprint density at radius 3 is 1.90 bits per heavy atom. The monoisotopic (exact) mass is 966 g/mol. The molecule has 2 aliphatic carbocycles. The molecule has 0 aliphatic heterocycles. The Kier molecular flexibility index (Phi) is 9.00. The maximum absolute atomic E-state index is 5.84. The van der Waals surface area contributed by atoms with Crippen LogP contribution in [0, 0.1) is 0 Å². The van der Waals surface area contributed by atoms with Crippen molar-refractivity contribution in [1.82, 2.24) is 19.5 Å². The second-order valence-electron chi connectivity index (χ2n) is 19.6. The lowest BCUT2D eigenvalue weighted by Crippen LogP contribution is -2.29. The largest absolute Gasteiger partial charge is 0.309 e. The number of hydrogen-bond acceptors (Lipinski definition) is 5. The molecule has 1 atom stereocenters. The molecule has 10 aromatic carbocycles. The van der Waals surface area contributed by atoms with Gasteiger partial charge >= 0.3 is 0 Å². The van der Waals surface area contributed by atoms with Crippen LogP contribution in [0.3, 0.4) is 0 Å². The molecule has 0 saturated carbocycles. The number of fused-ring (bicyclic) bond motifs is 15. The molecule has 2 aliphatic rings. The number of nitrogens with zero attached hydrogens (tertiary/aromatic N) is 4.